The van der Waals surface area contributed by atoms with Crippen molar-refractivity contribution in [2.24, 2.45) is 5.73 Å². The number of nitrogens with one attached hydrogen (secondary N) is 1. The van der Waals surface area contributed by atoms with Gasteiger partial charge >= 0.3 is 6.09 Å². The van der Waals surface area contributed by atoms with E-state index in [1.54, 1.807) is 0 Å². The molecule has 0 saturated heterocycles. The molecule has 0 unspecified atom stereocenters. The molecule has 1 rings (SSSR count). The predicted octanol–water partition coefficient (Wildman–Crippen LogP) is 0.222. The van der Waals surface area contributed by atoms with Gasteiger partial charge < -0.3 is 15.8 Å². The van der Waals surface area contributed by atoms with E-state index in [0.717, 1.165) is 12.8 Å². The van der Waals surface area contributed by atoms with Crippen molar-refractivity contribution in [1.82, 2.24) is 5.32 Å². The summed E-state index contributed by atoms with van der Waals surface area (Å²) in [6, 6.07) is 0.00921. The molecule has 4 nitrogen and oxygen atoms in total. The van der Waals surface area contributed by atoms with E-state index in [1.165, 1.54) is 7.11 Å². The number of carbonyl (C=O) groups is 1. The first-order valence-corrected chi connectivity index (χ1v) is 3.72. The van der Waals surface area contributed by atoms with Crippen molar-refractivity contribution >= 4 is 6.09 Å². The van der Waals surface area contributed by atoms with Crippen molar-refractivity contribution in [3.8, 4) is 0 Å². The monoisotopic (exact) mass is 158 g/mol. The van der Waals surface area contributed by atoms with Gasteiger partial charge in [-0.25, -0.2) is 4.79 Å². The third-order valence-corrected chi connectivity index (χ3v) is 2.21. The van der Waals surface area contributed by atoms with Gasteiger partial charge in [0.2, 0.25) is 0 Å². The molecule has 4 heteroatoms. The summed E-state index contributed by atoms with van der Waals surface area (Å²) < 4.78 is 4.44. The summed E-state index contributed by atoms with van der Waals surface area (Å²) in [5, 5.41) is 2.65. The quantitative estimate of drug-likeness (QED) is 0.604. The van der Waals surface area contributed by atoms with Crippen molar-refractivity contribution in [3.05, 3.63) is 0 Å². The van der Waals surface area contributed by atoms with Gasteiger partial charge in [-0.05, 0) is 19.8 Å². The number of hydrogen-bond acceptors (Lipinski definition) is 3. The second-order valence-corrected chi connectivity index (χ2v) is 3.09. The largest absolute Gasteiger partial charge is 0.453 e. The molecule has 3 N–H and O–H groups in total. The molecule has 0 radical (unpaired) electrons. The fraction of sp³-hybridized carbons (Fsp3) is 0.857. The van der Waals surface area contributed by atoms with Crippen LogP contribution in [0.25, 0.3) is 0 Å². The Morgan fingerprint density at radius 1 is 1.73 bits per heavy atom. The van der Waals surface area contributed by atoms with E-state index in [9.17, 15) is 4.79 Å². The maximum Gasteiger partial charge on any atom is 0.407 e. The van der Waals surface area contributed by atoms with E-state index in [2.05, 4.69) is 10.1 Å². The van der Waals surface area contributed by atoms with Crippen LogP contribution >= 0.6 is 0 Å². The predicted molar refractivity (Wildman–Crippen MR) is 41.2 cm³/mol. The van der Waals surface area contributed by atoms with Crippen LogP contribution in [0, 0.1) is 0 Å². The summed E-state index contributed by atoms with van der Waals surface area (Å²) in [6.45, 7) is 1.89. The zero-order chi connectivity index (χ0) is 8.48. The van der Waals surface area contributed by atoms with Crippen LogP contribution < -0.4 is 11.1 Å². The van der Waals surface area contributed by atoms with E-state index in [-0.39, 0.29) is 11.6 Å². The Labute approximate surface area is 66.1 Å². The number of carbonyl (C=O) groups excluding carboxylic acids is 1. The van der Waals surface area contributed by atoms with Crippen LogP contribution in [0.2, 0.25) is 0 Å². The summed E-state index contributed by atoms with van der Waals surface area (Å²) in [5.74, 6) is 0. The number of hydrogen-bond donors (Lipinski definition) is 2. The van der Waals surface area contributed by atoms with Gasteiger partial charge in [-0.15, -0.1) is 0 Å². The minimum absolute atomic E-state index is 0.00921. The highest BCUT2D eigenvalue weighted by atomic mass is 16.5. The van der Waals surface area contributed by atoms with Gasteiger partial charge in [-0.2, -0.15) is 0 Å². The smallest absolute Gasteiger partial charge is 0.407 e. The van der Waals surface area contributed by atoms with Crippen molar-refractivity contribution < 1.29 is 9.53 Å². The molecule has 1 atom stereocenters. The molecule has 0 aromatic rings. The second-order valence-electron chi connectivity index (χ2n) is 3.09. The number of alkyl carbamates (subject to hydrolysis) is 1. The maximum absolute atomic E-state index is 10.7. The lowest BCUT2D eigenvalue weighted by atomic mass is 10.1. The Hall–Kier alpha value is -0.770. The fourth-order valence-electron chi connectivity index (χ4n) is 0.957. The van der Waals surface area contributed by atoms with Crippen molar-refractivity contribution in [1.29, 1.82) is 0 Å². The van der Waals surface area contributed by atoms with E-state index < -0.39 is 6.09 Å². The van der Waals surface area contributed by atoms with Crippen molar-refractivity contribution in [2.45, 2.75) is 31.3 Å². The topological polar surface area (TPSA) is 64.3 Å². The summed E-state index contributed by atoms with van der Waals surface area (Å²) in [6.07, 6.45) is 1.56. The molecular formula is C7H14N2O2. The fourth-order valence-corrected chi connectivity index (χ4v) is 0.957. The van der Waals surface area contributed by atoms with Gasteiger partial charge in [0.25, 0.3) is 0 Å². The summed E-state index contributed by atoms with van der Waals surface area (Å²) >= 11 is 0. The Morgan fingerprint density at radius 3 is 2.64 bits per heavy atom. The molecule has 0 spiro atoms. The average Bonchev–Trinajstić information content (AvgIpc) is 2.69. The van der Waals surface area contributed by atoms with Crippen molar-refractivity contribution in [2.75, 3.05) is 7.11 Å². The van der Waals surface area contributed by atoms with Gasteiger partial charge in [0.1, 0.15) is 0 Å². The zero-order valence-electron chi connectivity index (χ0n) is 6.89. The number of ether oxygens (including phenoxy) is 1. The Kier molecular flexibility index (Phi) is 2.04. The third kappa shape index (κ3) is 1.83. The molecule has 1 aliphatic rings. The normalized spacial score (nSPS) is 22.1. The van der Waals surface area contributed by atoms with E-state index in [0.29, 0.717) is 0 Å². The molecule has 0 heterocycles. The third-order valence-electron chi connectivity index (χ3n) is 2.21. The first-order chi connectivity index (χ1) is 5.08. The van der Waals surface area contributed by atoms with Crippen LogP contribution in [0.3, 0.4) is 0 Å². The number of methoxy groups -OCH3 is 1. The molecule has 1 fully saturated rings. The minimum atomic E-state index is -0.408. The van der Waals surface area contributed by atoms with Gasteiger partial charge in [0, 0.05) is 11.6 Å². The first kappa shape index (κ1) is 8.33. The molecule has 1 saturated carbocycles. The molecule has 1 amide bonds. The van der Waals surface area contributed by atoms with E-state index in [1.807, 2.05) is 6.92 Å². The lowest BCUT2D eigenvalue weighted by Crippen LogP contribution is -2.47. The first-order valence-electron chi connectivity index (χ1n) is 3.72. The second kappa shape index (κ2) is 2.70. The maximum atomic E-state index is 10.7. The van der Waals surface area contributed by atoms with Gasteiger partial charge in [-0.3, -0.25) is 0 Å². The Morgan fingerprint density at radius 2 is 2.27 bits per heavy atom. The summed E-state index contributed by atoms with van der Waals surface area (Å²) in [5.41, 5.74) is 5.65. The summed E-state index contributed by atoms with van der Waals surface area (Å²) in [4.78, 5) is 10.7. The van der Waals surface area contributed by atoms with Crippen LogP contribution in [0.5, 0.6) is 0 Å². The minimum Gasteiger partial charge on any atom is -0.453 e. The Bertz CT molecular complexity index is 166. The molecule has 0 aliphatic heterocycles. The highest BCUT2D eigenvalue weighted by molar-refractivity contribution is 5.67. The zero-order valence-corrected chi connectivity index (χ0v) is 6.89. The van der Waals surface area contributed by atoms with Crippen LogP contribution in [0.15, 0.2) is 0 Å². The van der Waals surface area contributed by atoms with Gasteiger partial charge in [0.05, 0.1) is 7.11 Å². The lowest BCUT2D eigenvalue weighted by Gasteiger charge is -2.18. The molecule has 0 aromatic heterocycles. The number of nitrogens with two attached hydrogens (primary N) is 1. The van der Waals surface area contributed by atoms with Gasteiger partial charge in [0.15, 0.2) is 0 Å². The lowest BCUT2D eigenvalue weighted by molar-refractivity contribution is 0.165. The number of rotatable bonds is 2. The Balaban J connectivity index is 2.31. The molecule has 0 aromatic carbocycles. The highest BCUT2D eigenvalue weighted by Gasteiger charge is 2.44. The van der Waals surface area contributed by atoms with Crippen LogP contribution in [0.4, 0.5) is 4.79 Å². The molecular weight excluding hydrogens is 144 g/mol. The van der Waals surface area contributed by atoms with Crippen molar-refractivity contribution in [3.63, 3.8) is 0 Å². The van der Waals surface area contributed by atoms with Crippen LogP contribution in [-0.2, 0) is 4.74 Å². The molecule has 11 heavy (non-hydrogen) atoms. The number of amides is 1. The van der Waals surface area contributed by atoms with E-state index >= 15 is 0 Å². The van der Waals surface area contributed by atoms with Crippen LogP contribution in [0.1, 0.15) is 19.8 Å². The highest BCUT2D eigenvalue weighted by Crippen LogP contribution is 2.35. The average molecular weight is 158 g/mol. The van der Waals surface area contributed by atoms with Gasteiger partial charge in [-0.1, -0.05) is 0 Å². The molecule has 1 aliphatic carbocycles. The molecule has 64 valence electrons. The molecule has 0 bridgehead atoms. The van der Waals surface area contributed by atoms with Crippen LogP contribution in [-0.4, -0.2) is 24.8 Å². The van der Waals surface area contributed by atoms with E-state index in [4.69, 9.17) is 5.73 Å². The summed E-state index contributed by atoms with van der Waals surface area (Å²) in [7, 11) is 1.35. The standard InChI is InChI=1S/C7H14N2O2/c1-5(7(8)3-4-7)9-6(10)11-2/h5H,3-4,8H2,1-2H3,(H,9,10)/t5-/m0/s1. The SMILES string of the molecule is COC(=O)N[C@@H](C)C1(N)CC1.